The van der Waals surface area contributed by atoms with E-state index in [-0.39, 0.29) is 5.92 Å². The molecule has 1 aromatic rings. The van der Waals surface area contributed by atoms with E-state index in [0.717, 1.165) is 5.56 Å². The topological polar surface area (TPSA) is 52.6 Å². The third-order valence-corrected chi connectivity index (χ3v) is 1.99. The number of benzene rings is 1. The molecule has 0 heterocycles. The van der Waals surface area contributed by atoms with Crippen LogP contribution >= 0.6 is 0 Å². The van der Waals surface area contributed by atoms with Crippen molar-refractivity contribution in [1.29, 1.82) is 0 Å². The molecule has 0 saturated carbocycles. The zero-order valence-corrected chi connectivity index (χ0v) is 10.1. The van der Waals surface area contributed by atoms with Crippen molar-refractivity contribution in [2.24, 2.45) is 0 Å². The van der Waals surface area contributed by atoms with Gasteiger partial charge >= 0.3 is 11.9 Å². The minimum absolute atomic E-state index is 0.000170. The molecular weight excluding hydrogens is 220 g/mol. The summed E-state index contributed by atoms with van der Waals surface area (Å²) in [6, 6.07) is 4.90. The summed E-state index contributed by atoms with van der Waals surface area (Å²) in [6.45, 7) is 8.38. The predicted octanol–water partition coefficient (Wildman–Crippen LogP) is 2.47. The first-order valence-electron chi connectivity index (χ1n) is 5.23. The van der Waals surface area contributed by atoms with E-state index in [4.69, 9.17) is 9.47 Å². The SMILES string of the molecule is [CH2]C(C)c1cc(OC(C)=O)cc(OC(C)=O)c1. The van der Waals surface area contributed by atoms with Gasteiger partial charge in [-0.15, -0.1) is 0 Å². The van der Waals surface area contributed by atoms with Gasteiger partial charge in [-0.1, -0.05) is 6.92 Å². The summed E-state index contributed by atoms with van der Waals surface area (Å²) in [5, 5.41) is 0. The first-order valence-corrected chi connectivity index (χ1v) is 5.23. The predicted molar refractivity (Wildman–Crippen MR) is 62.8 cm³/mol. The molecule has 0 aliphatic rings. The zero-order chi connectivity index (χ0) is 13.0. The maximum Gasteiger partial charge on any atom is 0.308 e. The van der Waals surface area contributed by atoms with Crippen LogP contribution in [-0.2, 0) is 9.59 Å². The van der Waals surface area contributed by atoms with Gasteiger partial charge in [0.15, 0.2) is 0 Å². The fourth-order valence-electron chi connectivity index (χ4n) is 1.33. The summed E-state index contributed by atoms with van der Waals surface area (Å²) >= 11 is 0. The van der Waals surface area contributed by atoms with Gasteiger partial charge in [-0.2, -0.15) is 0 Å². The summed E-state index contributed by atoms with van der Waals surface area (Å²) in [4.78, 5) is 21.8. The Morgan fingerprint density at radius 2 is 1.47 bits per heavy atom. The highest BCUT2D eigenvalue weighted by Gasteiger charge is 2.09. The van der Waals surface area contributed by atoms with E-state index < -0.39 is 11.9 Å². The molecule has 0 amide bonds. The maximum atomic E-state index is 10.9. The normalized spacial score (nSPS) is 10.2. The van der Waals surface area contributed by atoms with Gasteiger partial charge in [0, 0.05) is 19.9 Å². The monoisotopic (exact) mass is 235 g/mol. The molecule has 0 fully saturated rings. The van der Waals surface area contributed by atoms with Crippen LogP contribution in [0.1, 0.15) is 32.3 Å². The minimum Gasteiger partial charge on any atom is -0.427 e. The van der Waals surface area contributed by atoms with Gasteiger partial charge in [-0.3, -0.25) is 9.59 Å². The Kier molecular flexibility index (Phi) is 4.26. The molecule has 1 atom stereocenters. The summed E-state index contributed by atoms with van der Waals surface area (Å²) in [5.41, 5.74) is 0.833. The second-order valence-electron chi connectivity index (χ2n) is 3.83. The van der Waals surface area contributed by atoms with Gasteiger partial charge in [-0.25, -0.2) is 0 Å². The lowest BCUT2D eigenvalue weighted by atomic mass is 10.0. The molecule has 0 aromatic heterocycles. The molecule has 4 nitrogen and oxygen atoms in total. The van der Waals surface area contributed by atoms with E-state index in [2.05, 4.69) is 6.92 Å². The number of esters is 2. The van der Waals surface area contributed by atoms with Gasteiger partial charge in [0.05, 0.1) is 0 Å². The lowest BCUT2D eigenvalue weighted by Crippen LogP contribution is -2.05. The molecule has 17 heavy (non-hydrogen) atoms. The molecule has 0 bridgehead atoms. The Balaban J connectivity index is 3.08. The number of rotatable bonds is 3. The average Bonchev–Trinajstić information content (AvgIpc) is 2.14. The van der Waals surface area contributed by atoms with Crippen LogP contribution in [0, 0.1) is 6.92 Å². The summed E-state index contributed by atoms with van der Waals surface area (Å²) < 4.78 is 9.94. The second-order valence-corrected chi connectivity index (χ2v) is 3.83. The van der Waals surface area contributed by atoms with Gasteiger partial charge in [0.25, 0.3) is 0 Å². The average molecular weight is 235 g/mol. The largest absolute Gasteiger partial charge is 0.427 e. The molecule has 0 saturated heterocycles. The van der Waals surface area contributed by atoms with Crippen molar-refractivity contribution in [1.82, 2.24) is 0 Å². The first-order chi connectivity index (χ1) is 7.88. The molecule has 4 heteroatoms. The van der Waals surface area contributed by atoms with Crippen LogP contribution < -0.4 is 9.47 Å². The molecule has 1 aromatic carbocycles. The van der Waals surface area contributed by atoms with Crippen LogP contribution in [0.15, 0.2) is 18.2 Å². The Bertz CT molecular complexity index is 401. The Hall–Kier alpha value is -1.84. The van der Waals surface area contributed by atoms with Crippen LogP contribution in [0.2, 0.25) is 0 Å². The molecule has 0 spiro atoms. The number of carbonyl (C=O) groups excluding carboxylic acids is 2. The molecule has 0 aliphatic carbocycles. The van der Waals surface area contributed by atoms with Gasteiger partial charge < -0.3 is 9.47 Å². The Morgan fingerprint density at radius 1 is 1.06 bits per heavy atom. The smallest absolute Gasteiger partial charge is 0.308 e. The number of carbonyl (C=O) groups is 2. The fourth-order valence-corrected chi connectivity index (χ4v) is 1.33. The lowest BCUT2D eigenvalue weighted by molar-refractivity contribution is -0.132. The molecule has 0 N–H and O–H groups in total. The molecule has 1 radical (unpaired) electrons. The number of hydrogen-bond donors (Lipinski definition) is 0. The lowest BCUT2D eigenvalue weighted by Gasteiger charge is -2.11. The number of hydrogen-bond acceptors (Lipinski definition) is 4. The van der Waals surface area contributed by atoms with Crippen molar-refractivity contribution in [3.8, 4) is 11.5 Å². The van der Waals surface area contributed by atoms with E-state index in [1.165, 1.54) is 19.9 Å². The van der Waals surface area contributed by atoms with Crippen LogP contribution in [0.4, 0.5) is 0 Å². The number of ether oxygens (including phenoxy) is 2. The van der Waals surface area contributed by atoms with Crippen LogP contribution in [0.3, 0.4) is 0 Å². The van der Waals surface area contributed by atoms with Gasteiger partial charge in [-0.05, 0) is 30.5 Å². The highest BCUT2D eigenvalue weighted by molar-refractivity contribution is 5.71. The van der Waals surface area contributed by atoms with E-state index in [9.17, 15) is 9.59 Å². The highest BCUT2D eigenvalue weighted by atomic mass is 16.5. The van der Waals surface area contributed by atoms with Crippen molar-refractivity contribution < 1.29 is 19.1 Å². The zero-order valence-electron chi connectivity index (χ0n) is 10.1. The van der Waals surface area contributed by atoms with Gasteiger partial charge in [0.2, 0.25) is 0 Å². The summed E-state index contributed by atoms with van der Waals surface area (Å²) in [5.74, 6) is -0.149. The first kappa shape index (κ1) is 13.2. The summed E-state index contributed by atoms with van der Waals surface area (Å²) in [6.07, 6.45) is 0. The molecule has 0 aliphatic heterocycles. The Labute approximate surface area is 101 Å². The van der Waals surface area contributed by atoms with Crippen LogP contribution in [0.25, 0.3) is 0 Å². The van der Waals surface area contributed by atoms with Crippen molar-refractivity contribution in [3.05, 3.63) is 30.7 Å². The van der Waals surface area contributed by atoms with E-state index in [1.807, 2.05) is 6.92 Å². The van der Waals surface area contributed by atoms with Crippen LogP contribution in [-0.4, -0.2) is 11.9 Å². The van der Waals surface area contributed by atoms with Crippen molar-refractivity contribution >= 4 is 11.9 Å². The maximum absolute atomic E-state index is 10.9. The molecule has 1 unspecified atom stereocenters. The molecule has 1 rings (SSSR count). The van der Waals surface area contributed by atoms with Crippen molar-refractivity contribution in [2.75, 3.05) is 0 Å². The molecular formula is C13H15O4. The van der Waals surface area contributed by atoms with E-state index in [1.54, 1.807) is 12.1 Å². The van der Waals surface area contributed by atoms with Gasteiger partial charge in [0.1, 0.15) is 11.5 Å². The minimum atomic E-state index is -0.423. The third kappa shape index (κ3) is 4.26. The van der Waals surface area contributed by atoms with Crippen LogP contribution in [0.5, 0.6) is 11.5 Å². The van der Waals surface area contributed by atoms with E-state index in [0.29, 0.717) is 11.5 Å². The molecule has 91 valence electrons. The highest BCUT2D eigenvalue weighted by Crippen LogP contribution is 2.27. The van der Waals surface area contributed by atoms with Crippen molar-refractivity contribution in [3.63, 3.8) is 0 Å². The summed E-state index contributed by atoms with van der Waals surface area (Å²) in [7, 11) is 0. The quantitative estimate of drug-likeness (QED) is 0.596. The second kappa shape index (κ2) is 5.48. The standard InChI is InChI=1S/C13H15O4/c1-8(2)11-5-12(16-9(3)14)7-13(6-11)17-10(4)15/h5-8H,1H2,2-4H3. The third-order valence-electron chi connectivity index (χ3n) is 1.99. The van der Waals surface area contributed by atoms with E-state index >= 15 is 0 Å². The fraction of sp³-hybridized carbons (Fsp3) is 0.308. The Morgan fingerprint density at radius 3 is 1.76 bits per heavy atom. The van der Waals surface area contributed by atoms with Crippen molar-refractivity contribution in [2.45, 2.75) is 26.7 Å².